The van der Waals surface area contributed by atoms with Gasteiger partial charge in [0.1, 0.15) is 5.75 Å². The maximum Gasteiger partial charge on any atom is 0.259 e. The van der Waals surface area contributed by atoms with E-state index in [1.54, 1.807) is 18.2 Å². The molecule has 5 heteroatoms. The molecule has 19 heavy (non-hydrogen) atoms. The van der Waals surface area contributed by atoms with Crippen molar-refractivity contribution in [2.45, 2.75) is 6.92 Å². The smallest absolute Gasteiger partial charge is 0.259 e. The fraction of sp³-hybridized carbons (Fsp3) is 0.0714. The number of aromatic hydroxyl groups is 1. The molecule has 0 aliphatic heterocycles. The van der Waals surface area contributed by atoms with Gasteiger partial charge in [-0.1, -0.05) is 39.7 Å². The van der Waals surface area contributed by atoms with Gasteiger partial charge in [0.05, 0.1) is 16.3 Å². The summed E-state index contributed by atoms with van der Waals surface area (Å²) in [5.41, 5.74) is 1.59. The van der Waals surface area contributed by atoms with E-state index in [9.17, 15) is 9.90 Å². The molecule has 1 amide bonds. The van der Waals surface area contributed by atoms with Crippen molar-refractivity contribution in [1.82, 2.24) is 0 Å². The van der Waals surface area contributed by atoms with Gasteiger partial charge in [-0.05, 0) is 36.8 Å². The van der Waals surface area contributed by atoms with Gasteiger partial charge in [-0.25, -0.2) is 0 Å². The highest BCUT2D eigenvalue weighted by atomic mass is 79.9. The van der Waals surface area contributed by atoms with Crippen LogP contribution in [-0.2, 0) is 0 Å². The van der Waals surface area contributed by atoms with Gasteiger partial charge in [0, 0.05) is 4.47 Å². The molecule has 2 aromatic rings. The zero-order chi connectivity index (χ0) is 14.0. The number of amides is 1. The van der Waals surface area contributed by atoms with Gasteiger partial charge in [-0.3, -0.25) is 4.79 Å². The van der Waals surface area contributed by atoms with Gasteiger partial charge >= 0.3 is 0 Å². The number of phenolic OH excluding ortho intramolecular Hbond substituents is 1. The van der Waals surface area contributed by atoms with E-state index in [-0.39, 0.29) is 11.3 Å². The predicted octanol–water partition coefficient (Wildman–Crippen LogP) is 4.37. The number of nitrogens with one attached hydrogen (secondary N) is 1. The standard InChI is InChI=1S/C14H11BrClNO2/c1-8-3-2-4-11(16)13(8)17-14(19)10-7-9(15)5-6-12(10)18/h2-7,18H,1H3,(H,17,19). The molecule has 0 aliphatic rings. The van der Waals surface area contributed by atoms with Crippen LogP contribution in [0.5, 0.6) is 5.75 Å². The molecule has 0 unspecified atom stereocenters. The molecule has 0 saturated heterocycles. The van der Waals surface area contributed by atoms with Gasteiger partial charge in [-0.2, -0.15) is 0 Å². The molecule has 0 atom stereocenters. The first-order valence-corrected chi connectivity index (χ1v) is 6.71. The second-order valence-electron chi connectivity index (χ2n) is 4.05. The minimum absolute atomic E-state index is 0.0783. The molecule has 0 bridgehead atoms. The molecule has 0 radical (unpaired) electrons. The lowest BCUT2D eigenvalue weighted by atomic mass is 10.1. The Labute approximate surface area is 124 Å². The van der Waals surface area contributed by atoms with Crippen molar-refractivity contribution in [3.63, 3.8) is 0 Å². The third-order valence-electron chi connectivity index (χ3n) is 2.66. The van der Waals surface area contributed by atoms with Crippen LogP contribution in [0.3, 0.4) is 0 Å². The van der Waals surface area contributed by atoms with Crippen LogP contribution in [0.1, 0.15) is 15.9 Å². The molecule has 0 aromatic heterocycles. The van der Waals surface area contributed by atoms with Gasteiger partial charge in [0.25, 0.3) is 5.91 Å². The van der Waals surface area contributed by atoms with E-state index in [0.29, 0.717) is 15.2 Å². The fourth-order valence-electron chi connectivity index (χ4n) is 1.66. The van der Waals surface area contributed by atoms with Crippen LogP contribution in [0, 0.1) is 6.92 Å². The topological polar surface area (TPSA) is 49.3 Å². The number of phenols is 1. The summed E-state index contributed by atoms with van der Waals surface area (Å²) in [4.78, 5) is 12.1. The van der Waals surface area contributed by atoms with Crippen molar-refractivity contribution in [2.24, 2.45) is 0 Å². The summed E-state index contributed by atoms with van der Waals surface area (Å²) < 4.78 is 0.714. The Kier molecular flexibility index (Phi) is 4.12. The highest BCUT2D eigenvalue weighted by Gasteiger charge is 2.14. The highest BCUT2D eigenvalue weighted by Crippen LogP contribution is 2.28. The van der Waals surface area contributed by atoms with E-state index in [4.69, 9.17) is 11.6 Å². The first kappa shape index (κ1) is 13.9. The maximum atomic E-state index is 12.1. The van der Waals surface area contributed by atoms with Crippen LogP contribution in [-0.4, -0.2) is 11.0 Å². The third kappa shape index (κ3) is 3.08. The van der Waals surface area contributed by atoms with Gasteiger partial charge in [0.2, 0.25) is 0 Å². The third-order valence-corrected chi connectivity index (χ3v) is 3.47. The summed E-state index contributed by atoms with van der Waals surface area (Å²) in [7, 11) is 0. The van der Waals surface area contributed by atoms with E-state index in [0.717, 1.165) is 5.56 Å². The number of rotatable bonds is 2. The minimum atomic E-state index is -0.407. The molecule has 98 valence electrons. The Morgan fingerprint density at radius 2 is 2.05 bits per heavy atom. The number of hydrogen-bond donors (Lipinski definition) is 2. The Bertz CT molecular complexity index is 623. The summed E-state index contributed by atoms with van der Waals surface area (Å²) >= 11 is 9.31. The van der Waals surface area contributed by atoms with E-state index < -0.39 is 5.91 Å². The monoisotopic (exact) mass is 339 g/mol. The highest BCUT2D eigenvalue weighted by molar-refractivity contribution is 9.10. The summed E-state index contributed by atoms with van der Waals surface area (Å²) in [5, 5.41) is 12.9. The summed E-state index contributed by atoms with van der Waals surface area (Å²) in [6.45, 7) is 1.85. The second-order valence-corrected chi connectivity index (χ2v) is 5.37. The number of para-hydroxylation sites is 1. The van der Waals surface area contributed by atoms with Crippen molar-refractivity contribution < 1.29 is 9.90 Å². The van der Waals surface area contributed by atoms with Crippen molar-refractivity contribution >= 4 is 39.1 Å². The van der Waals surface area contributed by atoms with Crippen LogP contribution in [0.15, 0.2) is 40.9 Å². The lowest BCUT2D eigenvalue weighted by Crippen LogP contribution is -2.13. The van der Waals surface area contributed by atoms with E-state index in [1.807, 2.05) is 19.1 Å². The molecule has 0 saturated carbocycles. The van der Waals surface area contributed by atoms with Crippen LogP contribution < -0.4 is 5.32 Å². The zero-order valence-corrected chi connectivity index (χ0v) is 12.4. The Morgan fingerprint density at radius 3 is 2.74 bits per heavy atom. The van der Waals surface area contributed by atoms with Gasteiger partial charge < -0.3 is 10.4 Å². The first-order valence-electron chi connectivity index (χ1n) is 5.54. The van der Waals surface area contributed by atoms with Crippen molar-refractivity contribution in [2.75, 3.05) is 5.32 Å². The summed E-state index contributed by atoms with van der Waals surface area (Å²) in [6, 6.07) is 10.0. The average molecular weight is 341 g/mol. The molecule has 2 rings (SSSR count). The summed E-state index contributed by atoms with van der Waals surface area (Å²) in [6.07, 6.45) is 0. The molecule has 0 fully saturated rings. The van der Waals surface area contributed by atoms with Crippen molar-refractivity contribution in [1.29, 1.82) is 0 Å². The van der Waals surface area contributed by atoms with E-state index in [2.05, 4.69) is 21.2 Å². The zero-order valence-electron chi connectivity index (χ0n) is 10.1. The lowest BCUT2D eigenvalue weighted by molar-refractivity contribution is 0.102. The Morgan fingerprint density at radius 1 is 1.32 bits per heavy atom. The molecule has 0 aliphatic carbocycles. The van der Waals surface area contributed by atoms with Crippen LogP contribution in [0.25, 0.3) is 0 Å². The van der Waals surface area contributed by atoms with E-state index >= 15 is 0 Å². The number of benzene rings is 2. The number of carbonyl (C=O) groups excluding carboxylic acids is 1. The second kappa shape index (κ2) is 5.63. The SMILES string of the molecule is Cc1cccc(Cl)c1NC(=O)c1cc(Br)ccc1O. The quantitative estimate of drug-likeness (QED) is 0.853. The van der Waals surface area contributed by atoms with Gasteiger partial charge in [-0.15, -0.1) is 0 Å². The number of carbonyl (C=O) groups is 1. The molecule has 3 nitrogen and oxygen atoms in total. The number of anilines is 1. The molecule has 0 heterocycles. The van der Waals surface area contributed by atoms with Crippen molar-refractivity contribution in [3.05, 3.63) is 57.0 Å². The van der Waals surface area contributed by atoms with Crippen molar-refractivity contribution in [3.8, 4) is 5.75 Å². The van der Waals surface area contributed by atoms with E-state index in [1.165, 1.54) is 6.07 Å². The Balaban J connectivity index is 2.34. The maximum absolute atomic E-state index is 12.1. The molecular weight excluding hydrogens is 330 g/mol. The molecule has 2 N–H and O–H groups in total. The Hall–Kier alpha value is -1.52. The number of halogens is 2. The number of hydrogen-bond acceptors (Lipinski definition) is 2. The first-order chi connectivity index (χ1) is 8.99. The van der Waals surface area contributed by atoms with Crippen LogP contribution >= 0.6 is 27.5 Å². The molecular formula is C14H11BrClNO2. The summed E-state index contributed by atoms with van der Waals surface area (Å²) in [5.74, 6) is -0.486. The largest absolute Gasteiger partial charge is 0.507 e. The average Bonchev–Trinajstić information content (AvgIpc) is 2.37. The molecule has 2 aromatic carbocycles. The van der Waals surface area contributed by atoms with Crippen LogP contribution in [0.4, 0.5) is 5.69 Å². The van der Waals surface area contributed by atoms with Crippen LogP contribution in [0.2, 0.25) is 5.02 Å². The normalized spacial score (nSPS) is 10.3. The number of aryl methyl sites for hydroxylation is 1. The lowest BCUT2D eigenvalue weighted by Gasteiger charge is -2.11. The fourth-order valence-corrected chi connectivity index (χ4v) is 2.29. The minimum Gasteiger partial charge on any atom is -0.507 e. The molecule has 0 spiro atoms. The van der Waals surface area contributed by atoms with Gasteiger partial charge in [0.15, 0.2) is 0 Å². The predicted molar refractivity (Wildman–Crippen MR) is 79.9 cm³/mol.